The Kier molecular flexibility index (Phi) is 2.16. The fraction of sp³-hybridized carbons (Fsp3) is 0.0833. The van der Waals surface area contributed by atoms with Crippen molar-refractivity contribution in [3.8, 4) is 5.69 Å². The molecule has 90 valence electrons. The summed E-state index contributed by atoms with van der Waals surface area (Å²) in [7, 11) is 0. The Balaban J connectivity index is 2.30. The molecular formula is C12H12N6. The third kappa shape index (κ3) is 1.55. The molecule has 3 rings (SSSR count). The van der Waals surface area contributed by atoms with Crippen molar-refractivity contribution in [1.29, 1.82) is 0 Å². The van der Waals surface area contributed by atoms with E-state index in [-0.39, 0.29) is 5.95 Å². The first-order chi connectivity index (χ1) is 8.65. The first-order valence-corrected chi connectivity index (χ1v) is 5.48. The van der Waals surface area contributed by atoms with Crippen molar-refractivity contribution < 1.29 is 0 Å². The van der Waals surface area contributed by atoms with Gasteiger partial charge in [-0.15, -0.1) is 0 Å². The molecule has 3 aromatic rings. The van der Waals surface area contributed by atoms with E-state index in [1.807, 2.05) is 35.8 Å². The summed E-state index contributed by atoms with van der Waals surface area (Å²) >= 11 is 0. The molecule has 0 spiro atoms. The zero-order valence-electron chi connectivity index (χ0n) is 9.83. The molecule has 0 unspecified atom stereocenters. The standard InChI is InChI=1S/C12H12N6/c1-7-3-2-4-8(5-7)18-6-15-9-10(13)16-12(14)17-11(9)18/h2-6H,1H3,(H4,13,14,16,17). The third-order valence-corrected chi connectivity index (χ3v) is 2.72. The molecule has 2 aromatic heterocycles. The molecule has 6 heteroatoms. The maximum absolute atomic E-state index is 5.77. The summed E-state index contributed by atoms with van der Waals surface area (Å²) in [6, 6.07) is 8.02. The van der Waals surface area contributed by atoms with Crippen LogP contribution in [0.2, 0.25) is 0 Å². The lowest BCUT2D eigenvalue weighted by molar-refractivity contribution is 1.06. The fourth-order valence-corrected chi connectivity index (χ4v) is 1.91. The number of imidazole rings is 1. The second kappa shape index (κ2) is 3.69. The number of benzene rings is 1. The average Bonchev–Trinajstić information content (AvgIpc) is 2.72. The Hall–Kier alpha value is -2.63. The molecule has 0 aliphatic rings. The van der Waals surface area contributed by atoms with E-state index >= 15 is 0 Å². The monoisotopic (exact) mass is 240 g/mol. The van der Waals surface area contributed by atoms with Crippen molar-refractivity contribution in [3.05, 3.63) is 36.2 Å². The Morgan fingerprint density at radius 1 is 1.17 bits per heavy atom. The van der Waals surface area contributed by atoms with Crippen LogP contribution in [0.1, 0.15) is 5.56 Å². The zero-order chi connectivity index (χ0) is 12.7. The summed E-state index contributed by atoms with van der Waals surface area (Å²) in [4.78, 5) is 12.3. The van der Waals surface area contributed by atoms with Gasteiger partial charge in [0.1, 0.15) is 6.33 Å². The van der Waals surface area contributed by atoms with E-state index in [9.17, 15) is 0 Å². The molecular weight excluding hydrogens is 228 g/mol. The van der Waals surface area contributed by atoms with Crippen molar-refractivity contribution in [2.45, 2.75) is 6.92 Å². The van der Waals surface area contributed by atoms with Crippen LogP contribution in [0.4, 0.5) is 11.8 Å². The molecule has 6 nitrogen and oxygen atoms in total. The number of rotatable bonds is 1. The number of hydrogen-bond acceptors (Lipinski definition) is 5. The number of anilines is 2. The van der Waals surface area contributed by atoms with Crippen LogP contribution in [0.5, 0.6) is 0 Å². The smallest absolute Gasteiger partial charge is 0.224 e. The summed E-state index contributed by atoms with van der Waals surface area (Å²) in [5, 5.41) is 0. The van der Waals surface area contributed by atoms with Crippen LogP contribution in [-0.2, 0) is 0 Å². The number of aryl methyl sites for hydroxylation is 1. The lowest BCUT2D eigenvalue weighted by Gasteiger charge is -2.05. The molecule has 18 heavy (non-hydrogen) atoms. The maximum atomic E-state index is 5.77. The molecule has 1 aromatic carbocycles. The van der Waals surface area contributed by atoms with Crippen LogP contribution in [0.15, 0.2) is 30.6 Å². The molecule has 0 saturated carbocycles. The highest BCUT2D eigenvalue weighted by Crippen LogP contribution is 2.21. The molecule has 0 amide bonds. The molecule has 0 fully saturated rings. The number of fused-ring (bicyclic) bond motifs is 1. The van der Waals surface area contributed by atoms with Crippen molar-refractivity contribution in [2.24, 2.45) is 0 Å². The van der Waals surface area contributed by atoms with Crippen molar-refractivity contribution in [2.75, 3.05) is 11.5 Å². The lowest BCUT2D eigenvalue weighted by atomic mass is 10.2. The van der Waals surface area contributed by atoms with Gasteiger partial charge in [-0.3, -0.25) is 4.57 Å². The minimum atomic E-state index is 0.148. The lowest BCUT2D eigenvalue weighted by Crippen LogP contribution is -2.02. The number of nitrogens with zero attached hydrogens (tertiary/aromatic N) is 4. The van der Waals surface area contributed by atoms with Gasteiger partial charge in [-0.1, -0.05) is 12.1 Å². The van der Waals surface area contributed by atoms with E-state index < -0.39 is 0 Å². The highest BCUT2D eigenvalue weighted by Gasteiger charge is 2.10. The average molecular weight is 240 g/mol. The van der Waals surface area contributed by atoms with Gasteiger partial charge in [0.2, 0.25) is 5.95 Å². The van der Waals surface area contributed by atoms with Crippen LogP contribution >= 0.6 is 0 Å². The summed E-state index contributed by atoms with van der Waals surface area (Å²) in [5.74, 6) is 0.443. The van der Waals surface area contributed by atoms with Gasteiger partial charge in [0, 0.05) is 5.69 Å². The van der Waals surface area contributed by atoms with Gasteiger partial charge in [-0.05, 0) is 24.6 Å². The number of nitrogens with two attached hydrogens (primary N) is 2. The van der Waals surface area contributed by atoms with E-state index in [0.29, 0.717) is 17.0 Å². The van der Waals surface area contributed by atoms with Gasteiger partial charge in [0.15, 0.2) is 17.0 Å². The fourth-order valence-electron chi connectivity index (χ4n) is 1.91. The molecule has 4 N–H and O–H groups in total. The molecule has 0 radical (unpaired) electrons. The quantitative estimate of drug-likeness (QED) is 0.668. The Morgan fingerprint density at radius 3 is 2.78 bits per heavy atom. The molecule has 0 aliphatic heterocycles. The molecule has 0 bridgehead atoms. The normalized spacial score (nSPS) is 10.9. The van der Waals surface area contributed by atoms with Crippen LogP contribution in [0, 0.1) is 6.92 Å². The van der Waals surface area contributed by atoms with Crippen LogP contribution in [0.3, 0.4) is 0 Å². The maximum Gasteiger partial charge on any atom is 0.224 e. The van der Waals surface area contributed by atoms with Gasteiger partial charge in [-0.2, -0.15) is 9.97 Å². The summed E-state index contributed by atoms with van der Waals surface area (Å²) in [6.45, 7) is 2.03. The highest BCUT2D eigenvalue weighted by molar-refractivity contribution is 5.83. The Morgan fingerprint density at radius 2 is 2.00 bits per heavy atom. The van der Waals surface area contributed by atoms with Crippen LogP contribution in [-0.4, -0.2) is 19.5 Å². The molecule has 0 aliphatic carbocycles. The topological polar surface area (TPSA) is 95.6 Å². The second-order valence-electron chi connectivity index (χ2n) is 4.09. The van der Waals surface area contributed by atoms with Crippen molar-refractivity contribution >= 4 is 22.9 Å². The van der Waals surface area contributed by atoms with Crippen molar-refractivity contribution in [1.82, 2.24) is 19.5 Å². The summed E-state index contributed by atoms with van der Waals surface area (Å²) in [6.07, 6.45) is 1.67. The van der Waals surface area contributed by atoms with Gasteiger partial charge in [0.05, 0.1) is 0 Å². The molecule has 0 saturated heterocycles. The summed E-state index contributed by atoms with van der Waals surface area (Å²) < 4.78 is 1.84. The van der Waals surface area contributed by atoms with E-state index in [1.165, 1.54) is 0 Å². The number of hydrogen-bond donors (Lipinski definition) is 2. The predicted molar refractivity (Wildman–Crippen MR) is 70.2 cm³/mol. The van der Waals surface area contributed by atoms with Gasteiger partial charge < -0.3 is 11.5 Å². The second-order valence-corrected chi connectivity index (χ2v) is 4.09. The number of aromatic nitrogens is 4. The predicted octanol–water partition coefficient (Wildman–Crippen LogP) is 1.29. The third-order valence-electron chi connectivity index (χ3n) is 2.72. The molecule has 0 atom stereocenters. The van der Waals surface area contributed by atoms with E-state index in [4.69, 9.17) is 11.5 Å². The Labute approximate surface area is 103 Å². The highest BCUT2D eigenvalue weighted by atomic mass is 15.2. The first-order valence-electron chi connectivity index (χ1n) is 5.48. The summed E-state index contributed by atoms with van der Waals surface area (Å²) in [5.41, 5.74) is 14.7. The van der Waals surface area contributed by atoms with Crippen molar-refractivity contribution in [3.63, 3.8) is 0 Å². The van der Waals surface area contributed by atoms with E-state index in [1.54, 1.807) is 6.33 Å². The van der Waals surface area contributed by atoms with E-state index in [2.05, 4.69) is 15.0 Å². The van der Waals surface area contributed by atoms with Gasteiger partial charge >= 0.3 is 0 Å². The van der Waals surface area contributed by atoms with Crippen LogP contribution in [0.25, 0.3) is 16.9 Å². The van der Waals surface area contributed by atoms with Crippen LogP contribution < -0.4 is 11.5 Å². The molecule has 2 heterocycles. The largest absolute Gasteiger partial charge is 0.382 e. The minimum absolute atomic E-state index is 0.148. The minimum Gasteiger partial charge on any atom is -0.382 e. The van der Waals surface area contributed by atoms with Gasteiger partial charge in [0.25, 0.3) is 0 Å². The SMILES string of the molecule is Cc1cccc(-n2cnc3c(N)nc(N)nc32)c1. The zero-order valence-corrected chi connectivity index (χ0v) is 9.83. The van der Waals surface area contributed by atoms with E-state index in [0.717, 1.165) is 11.3 Å². The number of nitrogen functional groups attached to an aromatic ring is 2. The first kappa shape index (κ1) is 10.5. The van der Waals surface area contributed by atoms with Gasteiger partial charge in [-0.25, -0.2) is 4.98 Å². The Bertz CT molecular complexity index is 731.